The molecule has 2 N–H and O–H groups in total. The van der Waals surface area contributed by atoms with Crippen molar-refractivity contribution in [3.05, 3.63) is 125 Å². The molecule has 1 amide bonds. The highest BCUT2D eigenvalue weighted by molar-refractivity contribution is 7.80. The molecular formula is C35H35N5OS. The maximum absolute atomic E-state index is 13.3. The molecule has 42 heavy (non-hydrogen) atoms. The minimum absolute atomic E-state index is 0.0461. The van der Waals surface area contributed by atoms with E-state index in [2.05, 4.69) is 84.2 Å². The van der Waals surface area contributed by atoms with Crippen molar-refractivity contribution >= 4 is 39.7 Å². The third kappa shape index (κ3) is 5.05. The zero-order chi connectivity index (χ0) is 29.4. The van der Waals surface area contributed by atoms with Crippen LogP contribution in [0.15, 0.2) is 91.1 Å². The third-order valence-electron chi connectivity index (χ3n) is 8.29. The maximum atomic E-state index is 13.3. The zero-order valence-corrected chi connectivity index (χ0v) is 25.2. The average molecular weight is 574 g/mol. The molecule has 2 atom stereocenters. The van der Waals surface area contributed by atoms with Gasteiger partial charge in [0.1, 0.15) is 0 Å². The number of thiocarbonyl (C=S) groups is 1. The molecule has 1 aliphatic rings. The Balaban J connectivity index is 1.33. The molecule has 6 rings (SSSR count). The summed E-state index contributed by atoms with van der Waals surface area (Å²) in [6, 6.07) is 28.4. The molecule has 0 spiro atoms. The summed E-state index contributed by atoms with van der Waals surface area (Å²) >= 11 is 5.91. The van der Waals surface area contributed by atoms with Crippen molar-refractivity contribution in [2.75, 3.05) is 11.9 Å². The monoisotopic (exact) mass is 573 g/mol. The first-order chi connectivity index (χ1) is 20.3. The summed E-state index contributed by atoms with van der Waals surface area (Å²) in [5.74, 6) is -0.0461. The van der Waals surface area contributed by atoms with Crippen molar-refractivity contribution in [1.29, 1.82) is 0 Å². The van der Waals surface area contributed by atoms with Crippen molar-refractivity contribution in [3.63, 3.8) is 0 Å². The largest absolute Gasteiger partial charge is 0.352 e. The van der Waals surface area contributed by atoms with Crippen LogP contribution in [0.3, 0.4) is 0 Å². The number of nitrogens with zero attached hydrogens (tertiary/aromatic N) is 3. The average Bonchev–Trinajstić information content (AvgIpc) is 3.47. The van der Waals surface area contributed by atoms with Gasteiger partial charge in [-0.3, -0.25) is 9.78 Å². The van der Waals surface area contributed by atoms with E-state index >= 15 is 0 Å². The lowest BCUT2D eigenvalue weighted by Crippen LogP contribution is -2.33. The van der Waals surface area contributed by atoms with E-state index in [4.69, 9.17) is 17.2 Å². The van der Waals surface area contributed by atoms with Crippen LogP contribution < -0.4 is 10.6 Å². The van der Waals surface area contributed by atoms with Gasteiger partial charge >= 0.3 is 0 Å². The normalized spacial score (nSPS) is 16.6. The van der Waals surface area contributed by atoms with Gasteiger partial charge in [0.05, 0.1) is 23.5 Å². The topological polar surface area (TPSA) is 62.2 Å². The second kappa shape index (κ2) is 11.4. The summed E-state index contributed by atoms with van der Waals surface area (Å²) in [5.41, 5.74) is 8.90. The van der Waals surface area contributed by atoms with Crippen LogP contribution in [0.25, 0.3) is 16.5 Å². The molecule has 3 heterocycles. The highest BCUT2D eigenvalue weighted by atomic mass is 32.1. The number of fused-ring (bicyclic) bond motifs is 1. The molecule has 5 aromatic rings. The fourth-order valence-corrected chi connectivity index (χ4v) is 6.68. The summed E-state index contributed by atoms with van der Waals surface area (Å²) in [5, 5.41) is 9.42. The van der Waals surface area contributed by atoms with Crippen molar-refractivity contribution < 1.29 is 4.79 Å². The van der Waals surface area contributed by atoms with Gasteiger partial charge in [-0.15, -0.1) is 0 Å². The Morgan fingerprint density at radius 3 is 2.40 bits per heavy atom. The van der Waals surface area contributed by atoms with E-state index in [9.17, 15) is 4.79 Å². The van der Waals surface area contributed by atoms with E-state index in [-0.39, 0.29) is 18.0 Å². The summed E-state index contributed by atoms with van der Waals surface area (Å²) in [7, 11) is 0. The molecule has 0 radical (unpaired) electrons. The number of hydrogen-bond acceptors (Lipinski definition) is 3. The first kappa shape index (κ1) is 27.7. The minimum Gasteiger partial charge on any atom is -0.352 e. The van der Waals surface area contributed by atoms with Gasteiger partial charge in [-0.05, 0) is 86.3 Å². The number of benzene rings is 3. The van der Waals surface area contributed by atoms with E-state index in [0.717, 1.165) is 33.5 Å². The van der Waals surface area contributed by atoms with Crippen LogP contribution in [0.5, 0.6) is 0 Å². The van der Waals surface area contributed by atoms with Gasteiger partial charge in [0.2, 0.25) is 5.91 Å². The van der Waals surface area contributed by atoms with Crippen LogP contribution in [-0.2, 0) is 4.79 Å². The second-order valence-electron chi connectivity index (χ2n) is 11.0. The van der Waals surface area contributed by atoms with Gasteiger partial charge in [-0.25, -0.2) is 0 Å². The van der Waals surface area contributed by atoms with Crippen LogP contribution in [0.1, 0.15) is 52.3 Å². The molecule has 3 aromatic carbocycles. The lowest BCUT2D eigenvalue weighted by molar-refractivity contribution is -0.116. The van der Waals surface area contributed by atoms with E-state index in [0.29, 0.717) is 18.1 Å². The number of para-hydroxylation sites is 1. The van der Waals surface area contributed by atoms with E-state index in [1.54, 1.807) is 0 Å². The number of aryl methyl sites for hydroxylation is 3. The first-order valence-electron chi connectivity index (χ1n) is 14.3. The van der Waals surface area contributed by atoms with Crippen LogP contribution in [0.4, 0.5) is 5.69 Å². The fourth-order valence-electron chi connectivity index (χ4n) is 6.34. The van der Waals surface area contributed by atoms with Gasteiger partial charge in [-0.2, -0.15) is 0 Å². The quantitative estimate of drug-likeness (QED) is 0.201. The number of rotatable bonds is 7. The number of aromatic nitrogens is 2. The zero-order valence-electron chi connectivity index (χ0n) is 24.4. The standard InChI is InChI=1S/C35H35N5OS/c1-22-11-9-12-23(2)33(22)40-24(3)21-28(25(40)4)34-32(30-16-7-8-19-36-30)38-35(42)39(34)20-18-31(41)37-29-17-10-14-26-13-5-6-15-27(26)29/h5-17,19,21,32,34H,18,20H2,1-4H3,(H,37,41)(H,38,42)/t32-,34-/m1/s1. The van der Waals surface area contributed by atoms with Crippen molar-refractivity contribution in [1.82, 2.24) is 19.8 Å². The Morgan fingerprint density at radius 2 is 1.64 bits per heavy atom. The number of pyridine rings is 1. The molecular weight excluding hydrogens is 538 g/mol. The van der Waals surface area contributed by atoms with Crippen molar-refractivity contribution in [2.45, 2.75) is 46.2 Å². The van der Waals surface area contributed by atoms with Gasteiger partial charge in [0, 0.05) is 41.6 Å². The molecule has 212 valence electrons. The predicted molar refractivity (Wildman–Crippen MR) is 174 cm³/mol. The van der Waals surface area contributed by atoms with Gasteiger partial charge in [0.15, 0.2) is 5.11 Å². The van der Waals surface area contributed by atoms with E-state index < -0.39 is 0 Å². The molecule has 0 saturated carbocycles. The van der Waals surface area contributed by atoms with Gasteiger partial charge in [-0.1, -0.05) is 60.7 Å². The van der Waals surface area contributed by atoms with Crippen molar-refractivity contribution in [3.8, 4) is 5.69 Å². The summed E-state index contributed by atoms with van der Waals surface area (Å²) in [6.07, 6.45) is 2.11. The second-order valence-corrected chi connectivity index (χ2v) is 11.4. The molecule has 0 bridgehead atoms. The number of nitrogens with one attached hydrogen (secondary N) is 2. The van der Waals surface area contributed by atoms with Crippen LogP contribution in [0.2, 0.25) is 0 Å². The minimum atomic E-state index is -0.147. The molecule has 0 aliphatic carbocycles. The lowest BCUT2D eigenvalue weighted by Gasteiger charge is -2.28. The van der Waals surface area contributed by atoms with Crippen molar-refractivity contribution in [2.24, 2.45) is 0 Å². The van der Waals surface area contributed by atoms with Crippen LogP contribution in [-0.4, -0.2) is 32.0 Å². The number of carbonyl (C=O) groups is 1. The molecule has 2 aromatic heterocycles. The lowest BCUT2D eigenvalue weighted by atomic mass is 9.96. The number of anilines is 1. The molecule has 1 saturated heterocycles. The first-order valence-corrected chi connectivity index (χ1v) is 14.8. The smallest absolute Gasteiger partial charge is 0.226 e. The predicted octanol–water partition coefficient (Wildman–Crippen LogP) is 7.26. The third-order valence-corrected chi connectivity index (χ3v) is 8.65. The van der Waals surface area contributed by atoms with Gasteiger partial charge in [0.25, 0.3) is 0 Å². The Kier molecular flexibility index (Phi) is 7.52. The summed E-state index contributed by atoms with van der Waals surface area (Å²) in [6.45, 7) is 9.12. The fraction of sp³-hybridized carbons (Fsp3) is 0.229. The Bertz CT molecular complexity index is 1770. The van der Waals surface area contributed by atoms with Crippen LogP contribution in [0, 0.1) is 27.7 Å². The summed E-state index contributed by atoms with van der Waals surface area (Å²) < 4.78 is 2.35. The van der Waals surface area contributed by atoms with Gasteiger partial charge < -0.3 is 20.1 Å². The Morgan fingerprint density at radius 1 is 0.929 bits per heavy atom. The Hall–Kier alpha value is -4.49. The molecule has 0 unspecified atom stereocenters. The van der Waals surface area contributed by atoms with E-state index in [1.165, 1.54) is 22.4 Å². The molecule has 1 fully saturated rings. The number of amides is 1. The van der Waals surface area contributed by atoms with Crippen LogP contribution >= 0.6 is 12.2 Å². The molecule has 1 aliphatic heterocycles. The summed E-state index contributed by atoms with van der Waals surface area (Å²) in [4.78, 5) is 20.1. The maximum Gasteiger partial charge on any atom is 0.226 e. The highest BCUT2D eigenvalue weighted by Crippen LogP contribution is 2.42. The van der Waals surface area contributed by atoms with E-state index in [1.807, 2.05) is 54.7 Å². The Labute approximate surface area is 252 Å². The molecule has 7 heteroatoms. The highest BCUT2D eigenvalue weighted by Gasteiger charge is 2.41. The number of hydrogen-bond donors (Lipinski definition) is 2. The molecule has 6 nitrogen and oxygen atoms in total. The SMILES string of the molecule is Cc1cccc(C)c1-n1c(C)cc([C@@H]2[C@@H](c3ccccn3)NC(=S)N2CCC(=O)Nc2cccc3ccccc23)c1C. The number of carbonyl (C=O) groups excluding carboxylic acids is 1.